The number of amidine groups is 1. The fourth-order valence-electron chi connectivity index (χ4n) is 2.20. The molecule has 112 valence electrons. The number of nitrogens with one attached hydrogen (secondary N) is 1. The highest BCUT2D eigenvalue weighted by atomic mass is 16.4. The summed E-state index contributed by atoms with van der Waals surface area (Å²) in [6.07, 6.45) is 2.46. The summed E-state index contributed by atoms with van der Waals surface area (Å²) in [7, 11) is 0. The van der Waals surface area contributed by atoms with Gasteiger partial charge in [0.25, 0.3) is 0 Å². The Hall–Kier alpha value is -2.92. The molecule has 5 nitrogen and oxygen atoms in total. The monoisotopic (exact) mass is 296 g/mol. The number of hydrogen-bond donors (Lipinski definition) is 4. The van der Waals surface area contributed by atoms with Crippen molar-refractivity contribution >= 4 is 17.9 Å². The normalized spacial score (nSPS) is 10.8. The van der Waals surface area contributed by atoms with E-state index in [0.29, 0.717) is 16.7 Å². The number of aliphatic hydroxyl groups excluding tert-OH is 1. The summed E-state index contributed by atoms with van der Waals surface area (Å²) >= 11 is 0. The summed E-state index contributed by atoms with van der Waals surface area (Å²) < 4.78 is 0. The molecule has 5 heteroatoms. The van der Waals surface area contributed by atoms with Gasteiger partial charge in [-0.2, -0.15) is 0 Å². The van der Waals surface area contributed by atoms with Crippen LogP contribution in [-0.2, 0) is 11.4 Å². The highest BCUT2D eigenvalue weighted by Crippen LogP contribution is 2.26. The number of hydrogen-bond acceptors (Lipinski definition) is 3. The molecule has 0 saturated carbocycles. The maximum Gasteiger partial charge on any atom is 0.328 e. The Labute approximate surface area is 127 Å². The molecular formula is C17H16N2O3. The first-order chi connectivity index (χ1) is 10.5. The van der Waals surface area contributed by atoms with E-state index in [1.165, 1.54) is 6.08 Å². The van der Waals surface area contributed by atoms with Gasteiger partial charge in [0, 0.05) is 11.6 Å². The third kappa shape index (κ3) is 3.39. The van der Waals surface area contributed by atoms with Crippen molar-refractivity contribution < 1.29 is 15.0 Å². The minimum absolute atomic E-state index is 0.0315. The van der Waals surface area contributed by atoms with E-state index in [4.69, 9.17) is 16.2 Å². The van der Waals surface area contributed by atoms with Crippen LogP contribution in [0.25, 0.3) is 17.2 Å². The third-order valence-corrected chi connectivity index (χ3v) is 3.25. The van der Waals surface area contributed by atoms with Crippen LogP contribution in [0.5, 0.6) is 0 Å². The molecule has 0 aliphatic carbocycles. The van der Waals surface area contributed by atoms with Crippen molar-refractivity contribution in [1.29, 1.82) is 5.41 Å². The van der Waals surface area contributed by atoms with Gasteiger partial charge in [-0.05, 0) is 34.4 Å². The Bertz CT molecular complexity index is 751. The molecule has 0 atom stereocenters. The van der Waals surface area contributed by atoms with Gasteiger partial charge in [-0.3, -0.25) is 5.41 Å². The largest absolute Gasteiger partial charge is 0.478 e. The average molecular weight is 296 g/mol. The first-order valence-electron chi connectivity index (χ1n) is 6.61. The molecule has 0 fully saturated rings. The fraction of sp³-hybridized carbons (Fsp3) is 0.0588. The molecule has 0 heterocycles. The molecule has 22 heavy (non-hydrogen) atoms. The lowest BCUT2D eigenvalue weighted by molar-refractivity contribution is -0.131. The third-order valence-electron chi connectivity index (χ3n) is 3.25. The fourth-order valence-corrected chi connectivity index (χ4v) is 2.20. The Morgan fingerprint density at radius 2 is 1.95 bits per heavy atom. The number of carbonyl (C=O) groups is 1. The van der Waals surface area contributed by atoms with Crippen molar-refractivity contribution in [3.8, 4) is 11.1 Å². The second-order valence-corrected chi connectivity index (χ2v) is 4.70. The molecule has 0 unspecified atom stereocenters. The maximum absolute atomic E-state index is 10.6. The Kier molecular flexibility index (Phi) is 4.70. The smallest absolute Gasteiger partial charge is 0.328 e. The lowest BCUT2D eigenvalue weighted by atomic mass is 9.95. The number of carboxylic acids is 1. The molecule has 0 aliphatic rings. The quantitative estimate of drug-likeness (QED) is 0.385. The van der Waals surface area contributed by atoms with Crippen molar-refractivity contribution in [1.82, 2.24) is 0 Å². The molecule has 0 aliphatic heterocycles. The summed E-state index contributed by atoms with van der Waals surface area (Å²) in [6, 6.07) is 12.6. The van der Waals surface area contributed by atoms with Gasteiger partial charge in [0.05, 0.1) is 6.61 Å². The summed E-state index contributed by atoms with van der Waals surface area (Å²) in [5.74, 6) is -1.08. The van der Waals surface area contributed by atoms with Gasteiger partial charge in [-0.15, -0.1) is 0 Å². The zero-order chi connectivity index (χ0) is 16.1. The van der Waals surface area contributed by atoms with Crippen molar-refractivity contribution in [2.45, 2.75) is 6.61 Å². The van der Waals surface area contributed by atoms with Crippen molar-refractivity contribution in [3.05, 3.63) is 65.2 Å². The predicted octanol–water partition coefficient (Wildman–Crippen LogP) is 2.23. The van der Waals surface area contributed by atoms with Gasteiger partial charge in [0.2, 0.25) is 0 Å². The van der Waals surface area contributed by atoms with E-state index in [1.54, 1.807) is 24.3 Å². The standard InChI is InChI=1S/C17H16N2O3/c18-17(19)15-4-2-1-3-14(15)12-6-5-11(7-8-16(21)22)13(9-12)10-20/h1-9,20H,10H2,(H3,18,19)(H,21,22)/b8-7+. The molecule has 0 aromatic heterocycles. The second-order valence-electron chi connectivity index (χ2n) is 4.70. The van der Waals surface area contributed by atoms with E-state index < -0.39 is 5.97 Å². The average Bonchev–Trinajstić information content (AvgIpc) is 2.52. The number of nitrogen functional groups attached to an aromatic ring is 1. The second kappa shape index (κ2) is 6.69. The first-order valence-corrected chi connectivity index (χ1v) is 6.61. The number of benzene rings is 2. The molecule has 0 saturated heterocycles. The number of carboxylic acid groups (broad SMARTS) is 1. The van der Waals surface area contributed by atoms with Gasteiger partial charge in [-0.1, -0.05) is 36.4 Å². The van der Waals surface area contributed by atoms with Crippen LogP contribution in [-0.4, -0.2) is 22.0 Å². The molecule has 0 amide bonds. The zero-order valence-corrected chi connectivity index (χ0v) is 11.8. The van der Waals surface area contributed by atoms with Gasteiger partial charge in [-0.25, -0.2) is 4.79 Å². The van der Waals surface area contributed by atoms with Crippen molar-refractivity contribution in [2.75, 3.05) is 0 Å². The van der Waals surface area contributed by atoms with Gasteiger partial charge >= 0.3 is 5.97 Å². The minimum Gasteiger partial charge on any atom is -0.478 e. The summed E-state index contributed by atoms with van der Waals surface area (Å²) in [6.45, 7) is -0.213. The van der Waals surface area contributed by atoms with Crippen LogP contribution in [0, 0.1) is 5.41 Å². The molecule has 2 rings (SSSR count). The lowest BCUT2D eigenvalue weighted by Gasteiger charge is -2.11. The molecule has 0 spiro atoms. The maximum atomic E-state index is 10.6. The Morgan fingerprint density at radius 3 is 2.59 bits per heavy atom. The zero-order valence-electron chi connectivity index (χ0n) is 11.8. The van der Waals surface area contributed by atoms with Crippen LogP contribution in [0.2, 0.25) is 0 Å². The highest BCUT2D eigenvalue weighted by molar-refractivity contribution is 6.01. The molecule has 2 aromatic rings. The van der Waals surface area contributed by atoms with Crippen LogP contribution in [0.1, 0.15) is 16.7 Å². The van der Waals surface area contributed by atoms with Crippen LogP contribution in [0.4, 0.5) is 0 Å². The van der Waals surface area contributed by atoms with Crippen LogP contribution in [0.15, 0.2) is 48.5 Å². The summed E-state index contributed by atoms with van der Waals surface area (Å²) in [5, 5.41) is 25.8. The van der Waals surface area contributed by atoms with Crippen LogP contribution in [0.3, 0.4) is 0 Å². The summed E-state index contributed by atoms with van der Waals surface area (Å²) in [5.41, 5.74) is 9.04. The van der Waals surface area contributed by atoms with Crippen molar-refractivity contribution in [3.63, 3.8) is 0 Å². The predicted molar refractivity (Wildman–Crippen MR) is 85.5 cm³/mol. The number of nitrogens with two attached hydrogens (primary N) is 1. The van der Waals surface area contributed by atoms with E-state index in [1.807, 2.05) is 18.2 Å². The van der Waals surface area contributed by atoms with Crippen LogP contribution < -0.4 is 5.73 Å². The Morgan fingerprint density at radius 1 is 1.23 bits per heavy atom. The SMILES string of the molecule is N=C(N)c1ccccc1-c1ccc(/C=C/C(=O)O)c(CO)c1. The van der Waals surface area contributed by atoms with Gasteiger partial charge in [0.15, 0.2) is 0 Å². The lowest BCUT2D eigenvalue weighted by Crippen LogP contribution is -2.12. The topological polar surface area (TPSA) is 107 Å². The molecule has 2 aromatic carbocycles. The number of aliphatic hydroxyl groups is 1. The Balaban J connectivity index is 2.51. The first kappa shape index (κ1) is 15.5. The number of aliphatic carboxylic acids is 1. The van der Waals surface area contributed by atoms with E-state index in [9.17, 15) is 9.90 Å². The minimum atomic E-state index is -1.05. The van der Waals surface area contributed by atoms with E-state index in [2.05, 4.69) is 0 Å². The van der Waals surface area contributed by atoms with E-state index >= 15 is 0 Å². The van der Waals surface area contributed by atoms with Gasteiger partial charge in [0.1, 0.15) is 5.84 Å². The van der Waals surface area contributed by atoms with E-state index in [-0.39, 0.29) is 12.4 Å². The molecule has 5 N–H and O–H groups in total. The molecule has 0 radical (unpaired) electrons. The highest BCUT2D eigenvalue weighted by Gasteiger charge is 2.09. The van der Waals surface area contributed by atoms with Gasteiger partial charge < -0.3 is 15.9 Å². The van der Waals surface area contributed by atoms with Crippen LogP contribution >= 0.6 is 0 Å². The van der Waals surface area contributed by atoms with E-state index in [0.717, 1.165) is 17.2 Å². The number of rotatable bonds is 5. The molecular weight excluding hydrogens is 280 g/mol. The van der Waals surface area contributed by atoms with Crippen molar-refractivity contribution in [2.24, 2.45) is 5.73 Å². The summed E-state index contributed by atoms with van der Waals surface area (Å²) in [4.78, 5) is 10.6. The molecule has 0 bridgehead atoms.